The molecule has 1 aromatic heterocycles. The average Bonchev–Trinajstić information content (AvgIpc) is 2.84. The number of fused-ring (bicyclic) bond motifs is 1. The molecule has 0 saturated carbocycles. The van der Waals surface area contributed by atoms with Crippen molar-refractivity contribution in [1.29, 1.82) is 0 Å². The average molecular weight is 267 g/mol. The van der Waals surface area contributed by atoms with Gasteiger partial charge in [-0.3, -0.25) is 0 Å². The number of aromatic carboxylic acids is 1. The molecule has 0 aliphatic rings. The van der Waals surface area contributed by atoms with Gasteiger partial charge in [0.1, 0.15) is 5.52 Å². The van der Waals surface area contributed by atoms with Crippen LogP contribution in [0.5, 0.6) is 0 Å². The van der Waals surface area contributed by atoms with Crippen molar-refractivity contribution in [2.75, 3.05) is 0 Å². The molecule has 0 spiro atoms. The Morgan fingerprint density at radius 1 is 1.20 bits per heavy atom. The quantitative estimate of drug-likeness (QED) is 0.791. The van der Waals surface area contributed by atoms with Crippen LogP contribution in [0.3, 0.4) is 0 Å². The summed E-state index contributed by atoms with van der Waals surface area (Å²) in [4.78, 5) is 11.2. The Morgan fingerprint density at radius 2 is 2.00 bits per heavy atom. The lowest BCUT2D eigenvalue weighted by molar-refractivity contribution is 0.0699. The maximum absolute atomic E-state index is 11.2. The van der Waals surface area contributed by atoms with Crippen LogP contribution in [0.2, 0.25) is 0 Å². The first-order chi connectivity index (χ1) is 9.66. The topological polar surface area (TPSA) is 68.0 Å². The first-order valence-corrected chi connectivity index (χ1v) is 6.27. The van der Waals surface area contributed by atoms with Gasteiger partial charge in [-0.2, -0.15) is 0 Å². The summed E-state index contributed by atoms with van der Waals surface area (Å²) in [5, 5.41) is 17.2. The Kier molecular flexibility index (Phi) is 2.95. The van der Waals surface area contributed by atoms with E-state index >= 15 is 0 Å². The van der Waals surface area contributed by atoms with E-state index in [0.29, 0.717) is 12.1 Å². The molecule has 0 radical (unpaired) electrons. The van der Waals surface area contributed by atoms with Crippen LogP contribution in [-0.2, 0) is 6.54 Å². The van der Waals surface area contributed by atoms with Crippen molar-refractivity contribution in [1.82, 2.24) is 15.0 Å². The lowest BCUT2D eigenvalue weighted by Gasteiger charge is -2.06. The molecule has 0 unspecified atom stereocenters. The summed E-state index contributed by atoms with van der Waals surface area (Å²) in [6, 6.07) is 13.1. The lowest BCUT2D eigenvalue weighted by Crippen LogP contribution is -2.03. The highest BCUT2D eigenvalue weighted by Crippen LogP contribution is 2.18. The largest absolute Gasteiger partial charge is 0.478 e. The molecule has 100 valence electrons. The number of carbonyl (C=O) groups is 1. The van der Waals surface area contributed by atoms with Crippen molar-refractivity contribution in [3.8, 4) is 0 Å². The smallest absolute Gasteiger partial charge is 0.338 e. The molecule has 1 N–H and O–H groups in total. The van der Waals surface area contributed by atoms with Gasteiger partial charge in [0.2, 0.25) is 0 Å². The number of carboxylic acid groups (broad SMARTS) is 1. The first-order valence-electron chi connectivity index (χ1n) is 6.27. The van der Waals surface area contributed by atoms with Gasteiger partial charge in [-0.05, 0) is 30.2 Å². The molecule has 3 rings (SSSR count). The zero-order valence-corrected chi connectivity index (χ0v) is 10.9. The van der Waals surface area contributed by atoms with Crippen molar-refractivity contribution >= 4 is 17.0 Å². The van der Waals surface area contributed by atoms with Crippen LogP contribution in [0, 0.1) is 6.92 Å². The van der Waals surface area contributed by atoms with E-state index in [1.165, 1.54) is 11.6 Å². The van der Waals surface area contributed by atoms with Gasteiger partial charge < -0.3 is 5.11 Å². The van der Waals surface area contributed by atoms with Crippen LogP contribution in [0.4, 0.5) is 0 Å². The van der Waals surface area contributed by atoms with Crippen LogP contribution >= 0.6 is 0 Å². The minimum Gasteiger partial charge on any atom is -0.478 e. The van der Waals surface area contributed by atoms with E-state index in [4.69, 9.17) is 5.11 Å². The molecule has 0 saturated heterocycles. The Balaban J connectivity index is 2.08. The van der Waals surface area contributed by atoms with E-state index in [1.807, 2.05) is 37.3 Å². The summed E-state index contributed by atoms with van der Waals surface area (Å²) in [6.07, 6.45) is 0. The molecule has 1 heterocycles. The number of hydrogen-bond donors (Lipinski definition) is 1. The molecule has 0 aliphatic heterocycles. The van der Waals surface area contributed by atoms with E-state index in [9.17, 15) is 4.79 Å². The molecule has 20 heavy (non-hydrogen) atoms. The Labute approximate surface area is 115 Å². The van der Waals surface area contributed by atoms with E-state index in [0.717, 1.165) is 11.1 Å². The monoisotopic (exact) mass is 267 g/mol. The van der Waals surface area contributed by atoms with Gasteiger partial charge in [-0.25, -0.2) is 9.48 Å². The molecule has 0 atom stereocenters. The Hall–Kier alpha value is -2.69. The highest BCUT2D eigenvalue weighted by molar-refractivity contribution is 6.00. The summed E-state index contributed by atoms with van der Waals surface area (Å²) in [5.74, 6) is -0.987. The third kappa shape index (κ3) is 2.03. The van der Waals surface area contributed by atoms with Gasteiger partial charge in [0.05, 0.1) is 17.6 Å². The highest BCUT2D eigenvalue weighted by atomic mass is 16.4. The fourth-order valence-corrected chi connectivity index (χ4v) is 2.23. The van der Waals surface area contributed by atoms with Crippen LogP contribution in [0.15, 0.2) is 42.5 Å². The van der Waals surface area contributed by atoms with Crippen molar-refractivity contribution in [2.45, 2.75) is 13.5 Å². The summed E-state index contributed by atoms with van der Waals surface area (Å²) in [6.45, 7) is 2.61. The van der Waals surface area contributed by atoms with Crippen molar-refractivity contribution in [3.05, 3.63) is 59.2 Å². The van der Waals surface area contributed by atoms with Crippen molar-refractivity contribution in [3.63, 3.8) is 0 Å². The highest BCUT2D eigenvalue weighted by Gasteiger charge is 2.13. The first kappa shape index (κ1) is 12.3. The van der Waals surface area contributed by atoms with Crippen LogP contribution in [-0.4, -0.2) is 26.1 Å². The van der Waals surface area contributed by atoms with Gasteiger partial charge in [0, 0.05) is 0 Å². The van der Waals surface area contributed by atoms with Crippen LogP contribution < -0.4 is 0 Å². The fourth-order valence-electron chi connectivity index (χ4n) is 2.23. The van der Waals surface area contributed by atoms with Gasteiger partial charge in [-0.15, -0.1) is 5.10 Å². The Bertz CT molecular complexity index is 793. The minimum absolute atomic E-state index is 0.179. The maximum Gasteiger partial charge on any atom is 0.338 e. The fraction of sp³-hybridized carbons (Fsp3) is 0.133. The van der Waals surface area contributed by atoms with Gasteiger partial charge in [-0.1, -0.05) is 35.5 Å². The number of aryl methyl sites for hydroxylation is 1. The van der Waals surface area contributed by atoms with Gasteiger partial charge >= 0.3 is 5.97 Å². The molecular formula is C15H13N3O2. The van der Waals surface area contributed by atoms with Crippen molar-refractivity contribution < 1.29 is 9.90 Å². The number of rotatable bonds is 3. The zero-order chi connectivity index (χ0) is 14.1. The molecule has 0 aliphatic carbocycles. The Morgan fingerprint density at radius 3 is 2.75 bits per heavy atom. The number of aromatic nitrogens is 3. The van der Waals surface area contributed by atoms with E-state index < -0.39 is 5.97 Å². The number of nitrogens with zero attached hydrogens (tertiary/aromatic N) is 3. The second-order valence-electron chi connectivity index (χ2n) is 4.65. The second kappa shape index (κ2) is 4.77. The SMILES string of the molecule is Cc1ccccc1Cn1nnc2c(C(=O)O)cccc21. The molecular weight excluding hydrogens is 254 g/mol. The summed E-state index contributed by atoms with van der Waals surface area (Å²) < 4.78 is 1.73. The molecule has 5 heteroatoms. The number of benzene rings is 2. The lowest BCUT2D eigenvalue weighted by atomic mass is 10.1. The molecule has 0 amide bonds. The van der Waals surface area contributed by atoms with Crippen LogP contribution in [0.25, 0.3) is 11.0 Å². The standard InChI is InChI=1S/C15H13N3O2/c1-10-5-2-3-6-11(10)9-18-13-8-4-7-12(15(19)20)14(13)16-17-18/h2-8H,9H2,1H3,(H,19,20). The van der Waals surface area contributed by atoms with Gasteiger partial charge in [0.25, 0.3) is 0 Å². The molecule has 2 aromatic carbocycles. The van der Waals surface area contributed by atoms with E-state index in [2.05, 4.69) is 10.3 Å². The van der Waals surface area contributed by atoms with E-state index in [-0.39, 0.29) is 5.56 Å². The maximum atomic E-state index is 11.2. The summed E-state index contributed by atoms with van der Waals surface area (Å²) in [7, 11) is 0. The van der Waals surface area contributed by atoms with E-state index in [1.54, 1.807) is 10.7 Å². The number of carboxylic acids is 1. The molecule has 0 fully saturated rings. The molecule has 0 bridgehead atoms. The molecule has 5 nitrogen and oxygen atoms in total. The third-order valence-electron chi connectivity index (χ3n) is 3.36. The molecule has 3 aromatic rings. The van der Waals surface area contributed by atoms with Gasteiger partial charge in [0.15, 0.2) is 0 Å². The third-order valence-corrected chi connectivity index (χ3v) is 3.36. The summed E-state index contributed by atoms with van der Waals surface area (Å²) in [5.41, 5.74) is 3.64. The minimum atomic E-state index is -0.987. The van der Waals surface area contributed by atoms with Crippen molar-refractivity contribution in [2.24, 2.45) is 0 Å². The normalized spacial score (nSPS) is 10.8. The summed E-state index contributed by atoms with van der Waals surface area (Å²) >= 11 is 0. The predicted molar refractivity (Wildman–Crippen MR) is 74.8 cm³/mol. The van der Waals surface area contributed by atoms with Crippen LogP contribution in [0.1, 0.15) is 21.5 Å². The second-order valence-corrected chi connectivity index (χ2v) is 4.65. The predicted octanol–water partition coefficient (Wildman–Crippen LogP) is 2.49. The zero-order valence-electron chi connectivity index (χ0n) is 10.9. The number of hydrogen-bond acceptors (Lipinski definition) is 3.